The molecule has 0 aromatic heterocycles. The quantitative estimate of drug-likeness (QED) is 0.809. The summed E-state index contributed by atoms with van der Waals surface area (Å²) in [7, 11) is 0. The Balaban J connectivity index is 1.61. The fourth-order valence-electron chi connectivity index (χ4n) is 2.91. The average molecular weight is 231 g/mol. The molecule has 90 valence electrons. The summed E-state index contributed by atoms with van der Waals surface area (Å²) in [5.74, 6) is -0.0682. The zero-order valence-corrected chi connectivity index (χ0v) is 9.82. The van der Waals surface area contributed by atoms with Crippen LogP contribution in [0.25, 0.3) is 0 Å². The molecule has 0 saturated carbocycles. The van der Waals surface area contributed by atoms with Gasteiger partial charge in [-0.15, -0.1) is 0 Å². The fourth-order valence-corrected chi connectivity index (χ4v) is 2.91. The molecule has 0 amide bonds. The van der Waals surface area contributed by atoms with Crippen LogP contribution in [0.5, 0.6) is 0 Å². The molecule has 1 aromatic carbocycles. The first-order valence-electron chi connectivity index (χ1n) is 6.27. The monoisotopic (exact) mass is 231 g/mol. The van der Waals surface area contributed by atoms with Gasteiger partial charge in [0.25, 0.3) is 0 Å². The van der Waals surface area contributed by atoms with Crippen molar-refractivity contribution in [3.8, 4) is 0 Å². The van der Waals surface area contributed by atoms with Crippen LogP contribution in [0.3, 0.4) is 0 Å². The molecule has 2 bridgehead atoms. The van der Waals surface area contributed by atoms with Crippen molar-refractivity contribution in [3.63, 3.8) is 0 Å². The molecule has 1 N–H and O–H groups in total. The normalized spacial score (nSPS) is 30.5. The van der Waals surface area contributed by atoms with Gasteiger partial charge in [0.05, 0.1) is 0 Å². The summed E-state index contributed by atoms with van der Waals surface area (Å²) < 4.78 is 5.43. The molecule has 2 fully saturated rings. The van der Waals surface area contributed by atoms with Crippen molar-refractivity contribution in [2.75, 3.05) is 0 Å². The molecule has 2 heterocycles. The van der Waals surface area contributed by atoms with Crippen molar-refractivity contribution in [1.29, 1.82) is 0 Å². The number of carbonyl (C=O) groups is 1. The lowest BCUT2D eigenvalue weighted by atomic mass is 9.88. The molecule has 0 atom stereocenters. The van der Waals surface area contributed by atoms with Crippen LogP contribution in [0.2, 0.25) is 0 Å². The van der Waals surface area contributed by atoms with Gasteiger partial charge in [0, 0.05) is 6.04 Å². The number of nitrogens with one attached hydrogen (secondary N) is 1. The maximum Gasteiger partial charge on any atom is 0.326 e. The first-order valence-corrected chi connectivity index (χ1v) is 6.27. The summed E-state index contributed by atoms with van der Waals surface area (Å²) in [5.41, 5.74) is 0.684. The molecule has 3 nitrogen and oxygen atoms in total. The Kier molecular flexibility index (Phi) is 2.63. The fraction of sp³-hybridized carbons (Fsp3) is 0.500. The second-order valence-electron chi connectivity index (χ2n) is 5.06. The number of esters is 1. The number of benzene rings is 1. The summed E-state index contributed by atoms with van der Waals surface area (Å²) >= 11 is 0. The highest BCUT2D eigenvalue weighted by atomic mass is 16.5. The second-order valence-corrected chi connectivity index (χ2v) is 5.06. The topological polar surface area (TPSA) is 38.3 Å². The van der Waals surface area contributed by atoms with E-state index >= 15 is 0 Å². The van der Waals surface area contributed by atoms with Crippen molar-refractivity contribution in [2.45, 2.75) is 43.9 Å². The van der Waals surface area contributed by atoms with Gasteiger partial charge in [0.15, 0.2) is 0 Å². The number of carbonyl (C=O) groups excluding carboxylic acids is 1. The molecule has 17 heavy (non-hydrogen) atoms. The number of hydrogen-bond acceptors (Lipinski definition) is 3. The van der Waals surface area contributed by atoms with Crippen LogP contribution >= 0.6 is 0 Å². The standard InChI is InChI=1S/C14H17NO2/c16-13(14-8-6-12(15-14)7-9-14)17-10-11-4-2-1-3-5-11/h1-5,12,15H,6-10H2. The van der Waals surface area contributed by atoms with E-state index in [-0.39, 0.29) is 11.5 Å². The van der Waals surface area contributed by atoms with E-state index in [1.54, 1.807) is 0 Å². The zero-order valence-electron chi connectivity index (χ0n) is 9.82. The SMILES string of the molecule is O=C(OCc1ccccc1)C12CCC(CC1)N2. The van der Waals surface area contributed by atoms with Crippen LogP contribution in [0.1, 0.15) is 31.2 Å². The van der Waals surface area contributed by atoms with Gasteiger partial charge >= 0.3 is 5.97 Å². The molecule has 2 saturated heterocycles. The predicted octanol–water partition coefficient (Wildman–Crippen LogP) is 2.01. The highest BCUT2D eigenvalue weighted by Crippen LogP contribution is 2.38. The lowest BCUT2D eigenvalue weighted by Gasteiger charge is -2.23. The maximum atomic E-state index is 12.1. The molecule has 0 aliphatic carbocycles. The molecular formula is C14H17NO2. The van der Waals surface area contributed by atoms with Gasteiger partial charge in [-0.2, -0.15) is 0 Å². The Morgan fingerprint density at radius 3 is 2.59 bits per heavy atom. The minimum absolute atomic E-state index is 0.0682. The van der Waals surface area contributed by atoms with Crippen molar-refractivity contribution in [1.82, 2.24) is 5.32 Å². The first-order chi connectivity index (χ1) is 8.28. The third kappa shape index (κ3) is 1.95. The molecule has 0 spiro atoms. The summed E-state index contributed by atoms with van der Waals surface area (Å²) in [6.45, 7) is 0.383. The lowest BCUT2D eigenvalue weighted by molar-refractivity contribution is -0.152. The maximum absolute atomic E-state index is 12.1. The van der Waals surface area contributed by atoms with Crippen molar-refractivity contribution in [3.05, 3.63) is 35.9 Å². The van der Waals surface area contributed by atoms with E-state index in [2.05, 4.69) is 5.32 Å². The predicted molar refractivity (Wildman–Crippen MR) is 64.4 cm³/mol. The van der Waals surface area contributed by atoms with Gasteiger partial charge in [-0.25, -0.2) is 0 Å². The van der Waals surface area contributed by atoms with Gasteiger partial charge in [0.2, 0.25) is 0 Å². The number of hydrogen-bond donors (Lipinski definition) is 1. The molecule has 2 aliphatic heterocycles. The highest BCUT2D eigenvalue weighted by molar-refractivity contribution is 5.82. The van der Waals surface area contributed by atoms with E-state index in [0.29, 0.717) is 12.6 Å². The van der Waals surface area contributed by atoms with E-state index in [4.69, 9.17) is 4.74 Å². The Labute approximate surface area is 101 Å². The number of fused-ring (bicyclic) bond motifs is 2. The van der Waals surface area contributed by atoms with Gasteiger partial charge in [-0.1, -0.05) is 30.3 Å². The zero-order chi connectivity index (χ0) is 11.7. The minimum Gasteiger partial charge on any atom is -0.459 e. The molecular weight excluding hydrogens is 214 g/mol. The van der Waals surface area contributed by atoms with Gasteiger partial charge in [0.1, 0.15) is 12.1 Å². The smallest absolute Gasteiger partial charge is 0.326 e. The number of ether oxygens (including phenoxy) is 1. The Morgan fingerprint density at radius 1 is 1.29 bits per heavy atom. The van der Waals surface area contributed by atoms with Crippen LogP contribution in [0.4, 0.5) is 0 Å². The number of rotatable bonds is 3. The van der Waals surface area contributed by atoms with Crippen molar-refractivity contribution < 1.29 is 9.53 Å². The molecule has 3 rings (SSSR count). The molecule has 3 heteroatoms. The van der Waals surface area contributed by atoms with Gasteiger partial charge in [-0.3, -0.25) is 10.1 Å². The van der Waals surface area contributed by atoms with E-state index in [1.165, 1.54) is 0 Å². The molecule has 1 aromatic rings. The Hall–Kier alpha value is -1.35. The molecule has 2 aliphatic rings. The van der Waals surface area contributed by atoms with Crippen LogP contribution in [0.15, 0.2) is 30.3 Å². The largest absolute Gasteiger partial charge is 0.459 e. The summed E-state index contributed by atoms with van der Waals surface area (Å²) in [5, 5.41) is 3.40. The molecule has 0 radical (unpaired) electrons. The average Bonchev–Trinajstić information content (AvgIpc) is 2.99. The minimum atomic E-state index is -0.362. The Bertz CT molecular complexity index is 407. The summed E-state index contributed by atoms with van der Waals surface area (Å²) in [6, 6.07) is 10.4. The van der Waals surface area contributed by atoms with E-state index in [9.17, 15) is 4.79 Å². The van der Waals surface area contributed by atoms with Gasteiger partial charge in [-0.05, 0) is 31.2 Å². The highest BCUT2D eigenvalue weighted by Gasteiger charge is 2.50. The lowest BCUT2D eigenvalue weighted by Crippen LogP contribution is -2.45. The van der Waals surface area contributed by atoms with Crippen LogP contribution in [-0.2, 0) is 16.1 Å². The van der Waals surface area contributed by atoms with Crippen molar-refractivity contribution >= 4 is 5.97 Å². The molecule has 0 unspecified atom stereocenters. The van der Waals surface area contributed by atoms with Crippen LogP contribution < -0.4 is 5.32 Å². The summed E-state index contributed by atoms with van der Waals surface area (Å²) in [4.78, 5) is 12.1. The van der Waals surface area contributed by atoms with E-state index in [1.807, 2.05) is 30.3 Å². The van der Waals surface area contributed by atoms with E-state index in [0.717, 1.165) is 31.2 Å². The van der Waals surface area contributed by atoms with Gasteiger partial charge < -0.3 is 4.74 Å². The van der Waals surface area contributed by atoms with Crippen LogP contribution in [-0.4, -0.2) is 17.6 Å². The van der Waals surface area contributed by atoms with Crippen molar-refractivity contribution in [2.24, 2.45) is 0 Å². The second kappa shape index (κ2) is 4.15. The first kappa shape index (κ1) is 10.8. The Morgan fingerprint density at radius 2 is 2.00 bits per heavy atom. The third-order valence-corrected chi connectivity index (χ3v) is 3.92. The third-order valence-electron chi connectivity index (χ3n) is 3.92. The summed E-state index contributed by atoms with van der Waals surface area (Å²) in [6.07, 6.45) is 4.09. The van der Waals surface area contributed by atoms with Crippen LogP contribution in [0, 0.1) is 0 Å². The van der Waals surface area contributed by atoms with E-state index < -0.39 is 0 Å².